The van der Waals surface area contributed by atoms with E-state index >= 15 is 0 Å². The normalized spacial score (nSPS) is 29.7. The van der Waals surface area contributed by atoms with Gasteiger partial charge < -0.3 is 14.7 Å². The lowest BCUT2D eigenvalue weighted by molar-refractivity contribution is -0.154. The van der Waals surface area contributed by atoms with Crippen molar-refractivity contribution in [1.82, 2.24) is 9.80 Å². The number of carbonyl (C=O) groups is 2. The largest absolute Gasteiger partial charge is 0.368 e. The number of hydrogen-bond donors (Lipinski definition) is 0. The topological polar surface area (TPSA) is 43.9 Å². The average molecular weight is 422 g/mol. The minimum atomic E-state index is -0.183. The molecule has 166 valence electrons. The molecular weight excluding hydrogens is 386 g/mol. The third kappa shape index (κ3) is 4.11. The molecule has 1 aromatic carbocycles. The summed E-state index contributed by atoms with van der Waals surface area (Å²) in [5.41, 5.74) is 1.22. The molecule has 3 atom stereocenters. The van der Waals surface area contributed by atoms with Crippen LogP contribution < -0.4 is 4.90 Å². The maximum atomic E-state index is 13.6. The molecule has 0 N–H and O–H groups in total. The number of para-hydroxylation sites is 1. The van der Waals surface area contributed by atoms with E-state index in [2.05, 4.69) is 46.2 Å². The summed E-state index contributed by atoms with van der Waals surface area (Å²) in [4.78, 5) is 33.7. The van der Waals surface area contributed by atoms with Gasteiger partial charge in [0.05, 0.1) is 11.8 Å². The lowest BCUT2D eigenvalue weighted by atomic mass is 9.70. The van der Waals surface area contributed by atoms with Crippen LogP contribution in [-0.2, 0) is 9.59 Å². The third-order valence-corrected chi connectivity index (χ3v) is 7.98. The van der Waals surface area contributed by atoms with Gasteiger partial charge in [-0.15, -0.1) is 0 Å². The molecule has 0 bridgehead atoms. The summed E-state index contributed by atoms with van der Waals surface area (Å²) in [6, 6.07) is 10.8. The molecule has 3 fully saturated rings. The fraction of sp³-hybridized carbons (Fsp3) is 0.615. The Balaban J connectivity index is 1.26. The molecule has 0 radical (unpaired) electrons. The maximum absolute atomic E-state index is 13.6. The van der Waals surface area contributed by atoms with Crippen molar-refractivity contribution < 1.29 is 9.59 Å². The van der Waals surface area contributed by atoms with Crippen LogP contribution in [0, 0.1) is 17.8 Å². The molecule has 0 spiro atoms. The molecule has 2 amide bonds. The number of likely N-dealkylation sites (tertiary alicyclic amines) is 1. The number of amides is 2. The zero-order chi connectivity index (χ0) is 21.2. The van der Waals surface area contributed by atoms with E-state index < -0.39 is 0 Å². The number of carbonyl (C=O) groups excluding carboxylic acids is 2. The van der Waals surface area contributed by atoms with Crippen LogP contribution in [0.2, 0.25) is 0 Å². The quantitative estimate of drug-likeness (QED) is 0.699. The Bertz CT molecular complexity index is 809. The van der Waals surface area contributed by atoms with Crippen molar-refractivity contribution in [1.29, 1.82) is 0 Å². The first-order valence-corrected chi connectivity index (χ1v) is 12.3. The second kappa shape index (κ2) is 9.05. The van der Waals surface area contributed by atoms with E-state index in [0.717, 1.165) is 52.0 Å². The molecule has 1 saturated carbocycles. The minimum absolute atomic E-state index is 0.152. The Kier molecular flexibility index (Phi) is 6.02. The monoisotopic (exact) mass is 421 g/mol. The van der Waals surface area contributed by atoms with Crippen LogP contribution in [-0.4, -0.2) is 60.4 Å². The third-order valence-electron chi connectivity index (χ3n) is 7.98. The Morgan fingerprint density at radius 1 is 0.871 bits per heavy atom. The van der Waals surface area contributed by atoms with E-state index in [-0.39, 0.29) is 29.6 Å². The number of hydrogen-bond acceptors (Lipinski definition) is 3. The summed E-state index contributed by atoms with van der Waals surface area (Å²) in [6.45, 7) is 4.06. The number of benzene rings is 1. The van der Waals surface area contributed by atoms with Crippen LogP contribution in [0.4, 0.5) is 5.69 Å². The van der Waals surface area contributed by atoms with Gasteiger partial charge in [-0.1, -0.05) is 49.6 Å². The van der Waals surface area contributed by atoms with Gasteiger partial charge in [-0.05, 0) is 43.7 Å². The summed E-state index contributed by atoms with van der Waals surface area (Å²) in [6.07, 6.45) is 12.1. The van der Waals surface area contributed by atoms with Crippen molar-refractivity contribution >= 4 is 17.5 Å². The van der Waals surface area contributed by atoms with Crippen molar-refractivity contribution in [3.8, 4) is 0 Å². The van der Waals surface area contributed by atoms with Crippen LogP contribution in [0.15, 0.2) is 42.5 Å². The van der Waals surface area contributed by atoms with E-state index in [4.69, 9.17) is 0 Å². The molecule has 1 aromatic rings. The molecule has 0 unspecified atom stereocenters. The summed E-state index contributed by atoms with van der Waals surface area (Å²) in [7, 11) is 0. The highest BCUT2D eigenvalue weighted by Gasteiger charge is 2.47. The SMILES string of the molecule is O=C([C@@H]1CC=C[C@@H]2CCN(C3CCCCC3)C(=O)[C@@H]21)N1CCN(c2ccccc2)CC1. The van der Waals surface area contributed by atoms with Crippen LogP contribution >= 0.6 is 0 Å². The van der Waals surface area contributed by atoms with Crippen molar-refractivity contribution in [3.63, 3.8) is 0 Å². The molecule has 5 rings (SSSR count). The molecule has 31 heavy (non-hydrogen) atoms. The molecule has 2 aliphatic heterocycles. The van der Waals surface area contributed by atoms with Gasteiger partial charge in [0.1, 0.15) is 0 Å². The molecule has 2 heterocycles. The molecule has 2 saturated heterocycles. The van der Waals surface area contributed by atoms with Gasteiger partial charge in [-0.25, -0.2) is 0 Å². The molecule has 2 aliphatic carbocycles. The van der Waals surface area contributed by atoms with Gasteiger partial charge >= 0.3 is 0 Å². The fourth-order valence-corrected chi connectivity index (χ4v) is 6.25. The van der Waals surface area contributed by atoms with Crippen LogP contribution in [0.3, 0.4) is 0 Å². The van der Waals surface area contributed by atoms with Gasteiger partial charge in [-0.2, -0.15) is 0 Å². The van der Waals surface area contributed by atoms with Gasteiger partial charge in [-0.3, -0.25) is 9.59 Å². The highest BCUT2D eigenvalue weighted by atomic mass is 16.2. The Hall–Kier alpha value is -2.30. The van der Waals surface area contributed by atoms with E-state index in [1.165, 1.54) is 24.9 Å². The number of allylic oxidation sites excluding steroid dienone is 2. The zero-order valence-electron chi connectivity index (χ0n) is 18.5. The van der Waals surface area contributed by atoms with Crippen molar-refractivity contribution in [2.24, 2.45) is 17.8 Å². The number of piperidine rings is 1. The minimum Gasteiger partial charge on any atom is -0.368 e. The number of piperazine rings is 1. The highest BCUT2D eigenvalue weighted by molar-refractivity contribution is 5.89. The van der Waals surface area contributed by atoms with E-state index in [1.807, 2.05) is 11.0 Å². The first-order chi connectivity index (χ1) is 15.2. The Morgan fingerprint density at radius 3 is 2.35 bits per heavy atom. The predicted molar refractivity (Wildman–Crippen MR) is 123 cm³/mol. The van der Waals surface area contributed by atoms with Crippen LogP contribution in [0.5, 0.6) is 0 Å². The second-order valence-electron chi connectivity index (χ2n) is 9.72. The van der Waals surface area contributed by atoms with E-state index in [9.17, 15) is 9.59 Å². The molecule has 4 aliphatic rings. The molecule has 0 aromatic heterocycles. The Morgan fingerprint density at radius 2 is 1.61 bits per heavy atom. The Labute approximate surface area is 186 Å². The van der Waals surface area contributed by atoms with Gasteiger partial charge in [0.2, 0.25) is 11.8 Å². The summed E-state index contributed by atoms with van der Waals surface area (Å²) < 4.78 is 0. The maximum Gasteiger partial charge on any atom is 0.227 e. The van der Waals surface area contributed by atoms with Crippen molar-refractivity contribution in [3.05, 3.63) is 42.5 Å². The smallest absolute Gasteiger partial charge is 0.227 e. The second-order valence-corrected chi connectivity index (χ2v) is 9.72. The summed E-state index contributed by atoms with van der Waals surface area (Å²) >= 11 is 0. The lowest BCUT2D eigenvalue weighted by Gasteiger charge is -2.46. The van der Waals surface area contributed by atoms with Gasteiger partial charge in [0, 0.05) is 44.5 Å². The average Bonchev–Trinajstić information content (AvgIpc) is 2.85. The van der Waals surface area contributed by atoms with Gasteiger partial charge in [0.25, 0.3) is 0 Å². The first-order valence-electron chi connectivity index (χ1n) is 12.3. The molecule has 5 nitrogen and oxygen atoms in total. The first kappa shape index (κ1) is 20.6. The predicted octanol–water partition coefficient (Wildman–Crippen LogP) is 3.71. The van der Waals surface area contributed by atoms with Crippen LogP contribution in [0.25, 0.3) is 0 Å². The van der Waals surface area contributed by atoms with Crippen molar-refractivity contribution in [2.75, 3.05) is 37.6 Å². The van der Waals surface area contributed by atoms with Gasteiger partial charge in [0.15, 0.2) is 0 Å². The number of nitrogens with zero attached hydrogens (tertiary/aromatic N) is 3. The summed E-state index contributed by atoms with van der Waals surface area (Å²) in [5, 5.41) is 0. The molecule has 5 heteroatoms. The summed E-state index contributed by atoms with van der Waals surface area (Å²) in [5.74, 6) is 0.359. The van der Waals surface area contributed by atoms with Crippen molar-refractivity contribution in [2.45, 2.75) is 51.0 Å². The fourth-order valence-electron chi connectivity index (χ4n) is 6.25. The number of fused-ring (bicyclic) bond motifs is 1. The highest BCUT2D eigenvalue weighted by Crippen LogP contribution is 2.40. The van der Waals surface area contributed by atoms with E-state index in [1.54, 1.807) is 0 Å². The van der Waals surface area contributed by atoms with E-state index in [0.29, 0.717) is 12.5 Å². The lowest BCUT2D eigenvalue weighted by Crippen LogP contribution is -2.57. The standard InChI is InChI=1S/C26H35N3O2/c30-25(28-18-16-27(17-19-28)21-9-3-1-4-10-21)23-13-7-8-20-14-15-29(26(31)24(20)23)22-11-5-2-6-12-22/h1,3-4,7-10,20,22-24H,2,5-6,11-19H2/t20-,23-,24+/m1/s1. The number of rotatable bonds is 3. The van der Waals surface area contributed by atoms with Crippen LogP contribution in [0.1, 0.15) is 44.9 Å². The zero-order valence-corrected chi connectivity index (χ0v) is 18.5. The number of anilines is 1. The molecular formula is C26H35N3O2.